The Morgan fingerprint density at radius 1 is 1.35 bits per heavy atom. The molecule has 0 atom stereocenters. The maximum atomic E-state index is 12.5. The molecule has 1 N–H and O–H groups in total. The first-order valence-corrected chi connectivity index (χ1v) is 7.77. The highest BCUT2D eigenvalue weighted by molar-refractivity contribution is 6.31. The molecular formula is C16H19ClN4O2. The van der Waals surface area contributed by atoms with E-state index >= 15 is 0 Å². The molecule has 23 heavy (non-hydrogen) atoms. The normalized spacial score (nSPS) is 15.0. The van der Waals surface area contributed by atoms with Crippen molar-refractivity contribution in [3.8, 4) is 6.07 Å². The quantitative estimate of drug-likeness (QED) is 0.899. The number of likely N-dealkylation sites (tertiary alicyclic amines) is 1. The van der Waals surface area contributed by atoms with Crippen LogP contribution < -0.4 is 5.32 Å². The van der Waals surface area contributed by atoms with Crippen LogP contribution in [0.3, 0.4) is 0 Å². The number of nitriles is 1. The maximum absolute atomic E-state index is 12.5. The summed E-state index contributed by atoms with van der Waals surface area (Å²) in [5.41, 5.74) is 0.757. The fraction of sp³-hybridized carbons (Fsp3) is 0.438. The van der Waals surface area contributed by atoms with E-state index in [4.69, 9.17) is 16.9 Å². The molecule has 2 rings (SSSR count). The van der Waals surface area contributed by atoms with Gasteiger partial charge in [0.15, 0.2) is 0 Å². The lowest BCUT2D eigenvalue weighted by molar-refractivity contribution is 0.0707. The average Bonchev–Trinajstić information content (AvgIpc) is 2.55. The van der Waals surface area contributed by atoms with Crippen LogP contribution in [0.5, 0.6) is 0 Å². The Kier molecular flexibility index (Phi) is 5.45. The molecule has 1 aromatic carbocycles. The van der Waals surface area contributed by atoms with Crippen LogP contribution in [0.25, 0.3) is 0 Å². The molecule has 122 valence electrons. The Hall–Kier alpha value is -2.26. The fourth-order valence-electron chi connectivity index (χ4n) is 2.46. The van der Waals surface area contributed by atoms with Crippen molar-refractivity contribution in [2.24, 2.45) is 0 Å². The summed E-state index contributed by atoms with van der Waals surface area (Å²) < 4.78 is 0. The van der Waals surface area contributed by atoms with E-state index in [1.807, 2.05) is 6.07 Å². The van der Waals surface area contributed by atoms with Crippen molar-refractivity contribution in [1.29, 1.82) is 5.26 Å². The lowest BCUT2D eigenvalue weighted by Gasteiger charge is -2.33. The second-order valence-corrected chi connectivity index (χ2v) is 6.12. The largest absolute Gasteiger partial charge is 0.338 e. The highest BCUT2D eigenvalue weighted by atomic mass is 35.5. The standard InChI is InChI=1S/C16H19ClN4O2/c1-20(2)16(23)19-13-5-7-21(8-6-13)15(22)11-3-4-14(17)12(9-11)10-18/h3-4,9,13H,5-8H2,1-2H3,(H,19,23). The second kappa shape index (κ2) is 7.34. The minimum atomic E-state index is -0.119. The molecule has 0 aliphatic carbocycles. The zero-order chi connectivity index (χ0) is 17.0. The van der Waals surface area contributed by atoms with Crippen molar-refractivity contribution in [3.05, 3.63) is 34.3 Å². The van der Waals surface area contributed by atoms with Gasteiger partial charge in [0.1, 0.15) is 6.07 Å². The van der Waals surface area contributed by atoms with Crippen LogP contribution in [0.4, 0.5) is 4.79 Å². The lowest BCUT2D eigenvalue weighted by atomic mass is 10.0. The van der Waals surface area contributed by atoms with Crippen LogP contribution in [0.1, 0.15) is 28.8 Å². The van der Waals surface area contributed by atoms with E-state index in [9.17, 15) is 9.59 Å². The van der Waals surface area contributed by atoms with Crippen molar-refractivity contribution in [1.82, 2.24) is 15.1 Å². The number of nitrogens with zero attached hydrogens (tertiary/aromatic N) is 3. The predicted molar refractivity (Wildman–Crippen MR) is 87.3 cm³/mol. The van der Waals surface area contributed by atoms with Gasteiger partial charge < -0.3 is 15.1 Å². The Labute approximate surface area is 140 Å². The van der Waals surface area contributed by atoms with Crippen molar-refractivity contribution in [2.45, 2.75) is 18.9 Å². The van der Waals surface area contributed by atoms with Crippen molar-refractivity contribution in [2.75, 3.05) is 27.2 Å². The first-order valence-electron chi connectivity index (χ1n) is 7.39. The molecule has 7 heteroatoms. The minimum Gasteiger partial charge on any atom is -0.338 e. The van der Waals surface area contributed by atoms with Gasteiger partial charge in [-0.05, 0) is 31.0 Å². The molecule has 0 saturated carbocycles. The summed E-state index contributed by atoms with van der Waals surface area (Å²) in [6.07, 6.45) is 1.42. The highest BCUT2D eigenvalue weighted by Crippen LogP contribution is 2.19. The summed E-state index contributed by atoms with van der Waals surface area (Å²) in [5, 5.41) is 12.3. The van der Waals surface area contributed by atoms with Gasteiger partial charge in [0, 0.05) is 38.8 Å². The molecule has 0 aromatic heterocycles. The summed E-state index contributed by atoms with van der Waals surface area (Å²) in [7, 11) is 3.39. The average molecular weight is 335 g/mol. The number of benzene rings is 1. The van der Waals surface area contributed by atoms with Crippen LogP contribution in [0, 0.1) is 11.3 Å². The molecular weight excluding hydrogens is 316 g/mol. The summed E-state index contributed by atoms with van der Waals surface area (Å²) in [6, 6.07) is 6.65. The first-order chi connectivity index (χ1) is 10.9. The lowest BCUT2D eigenvalue weighted by Crippen LogP contribution is -2.48. The molecule has 0 unspecified atom stereocenters. The second-order valence-electron chi connectivity index (χ2n) is 5.72. The SMILES string of the molecule is CN(C)C(=O)NC1CCN(C(=O)c2ccc(Cl)c(C#N)c2)CC1. The van der Waals surface area contributed by atoms with E-state index in [-0.39, 0.29) is 18.0 Å². The first kappa shape index (κ1) is 17.1. The van der Waals surface area contributed by atoms with Gasteiger partial charge in [-0.1, -0.05) is 11.6 Å². The van der Waals surface area contributed by atoms with Gasteiger partial charge in [0.25, 0.3) is 5.91 Å². The van der Waals surface area contributed by atoms with Crippen molar-refractivity contribution in [3.63, 3.8) is 0 Å². The number of carbonyl (C=O) groups is 2. The molecule has 1 aromatic rings. The summed E-state index contributed by atoms with van der Waals surface area (Å²) in [6.45, 7) is 1.14. The summed E-state index contributed by atoms with van der Waals surface area (Å²) in [5.74, 6) is -0.115. The monoisotopic (exact) mass is 334 g/mol. The van der Waals surface area contributed by atoms with Crippen molar-refractivity contribution >= 4 is 23.5 Å². The van der Waals surface area contributed by atoms with E-state index in [0.717, 1.165) is 0 Å². The van der Waals surface area contributed by atoms with Gasteiger partial charge in [-0.3, -0.25) is 4.79 Å². The van der Waals surface area contributed by atoms with Gasteiger partial charge in [-0.25, -0.2) is 4.79 Å². The molecule has 1 heterocycles. The number of amides is 3. The maximum Gasteiger partial charge on any atom is 0.317 e. The third kappa shape index (κ3) is 4.14. The topological polar surface area (TPSA) is 76.4 Å². The van der Waals surface area contributed by atoms with E-state index in [0.29, 0.717) is 42.1 Å². The van der Waals surface area contributed by atoms with Gasteiger partial charge in [0.05, 0.1) is 10.6 Å². The minimum absolute atomic E-state index is 0.0776. The smallest absolute Gasteiger partial charge is 0.317 e. The van der Waals surface area contributed by atoms with E-state index in [2.05, 4.69) is 5.32 Å². The number of nitrogens with one attached hydrogen (secondary N) is 1. The molecule has 1 fully saturated rings. The molecule has 1 saturated heterocycles. The van der Waals surface area contributed by atoms with E-state index < -0.39 is 0 Å². The zero-order valence-corrected chi connectivity index (χ0v) is 13.9. The van der Waals surface area contributed by atoms with Crippen LogP contribution >= 0.6 is 11.6 Å². The number of rotatable bonds is 2. The Morgan fingerprint density at radius 3 is 2.57 bits per heavy atom. The molecule has 1 aliphatic heterocycles. The number of hydrogen-bond donors (Lipinski definition) is 1. The van der Waals surface area contributed by atoms with E-state index in [1.54, 1.807) is 31.1 Å². The third-order valence-electron chi connectivity index (χ3n) is 3.85. The predicted octanol–water partition coefficient (Wildman–Crippen LogP) is 2.09. The van der Waals surface area contributed by atoms with Crippen LogP contribution in [0.2, 0.25) is 5.02 Å². The Morgan fingerprint density at radius 2 is 2.00 bits per heavy atom. The Balaban J connectivity index is 1.96. The Bertz CT molecular complexity index is 646. The van der Waals surface area contributed by atoms with Crippen LogP contribution in [-0.2, 0) is 0 Å². The van der Waals surface area contributed by atoms with E-state index in [1.165, 1.54) is 11.0 Å². The number of halogens is 1. The molecule has 3 amide bonds. The fourth-order valence-corrected chi connectivity index (χ4v) is 2.62. The van der Waals surface area contributed by atoms with Gasteiger partial charge in [-0.15, -0.1) is 0 Å². The highest BCUT2D eigenvalue weighted by Gasteiger charge is 2.25. The third-order valence-corrected chi connectivity index (χ3v) is 4.18. The van der Waals surface area contributed by atoms with Crippen LogP contribution in [-0.4, -0.2) is 55.0 Å². The number of piperidine rings is 1. The summed E-state index contributed by atoms with van der Waals surface area (Å²) >= 11 is 5.89. The molecule has 0 spiro atoms. The van der Waals surface area contributed by atoms with Crippen LogP contribution in [0.15, 0.2) is 18.2 Å². The van der Waals surface area contributed by atoms with Gasteiger partial charge in [0.2, 0.25) is 0 Å². The number of carbonyl (C=O) groups excluding carboxylic acids is 2. The molecule has 6 nitrogen and oxygen atoms in total. The molecule has 0 bridgehead atoms. The number of urea groups is 1. The van der Waals surface area contributed by atoms with Crippen molar-refractivity contribution < 1.29 is 9.59 Å². The number of hydrogen-bond acceptors (Lipinski definition) is 3. The molecule has 1 aliphatic rings. The van der Waals surface area contributed by atoms with Gasteiger partial charge in [-0.2, -0.15) is 5.26 Å². The summed E-state index contributed by atoms with van der Waals surface area (Å²) in [4.78, 5) is 27.4. The zero-order valence-electron chi connectivity index (χ0n) is 13.2. The van der Waals surface area contributed by atoms with Gasteiger partial charge >= 0.3 is 6.03 Å². The molecule has 0 radical (unpaired) electrons.